The first kappa shape index (κ1) is 15.3. The van der Waals surface area contributed by atoms with E-state index in [1.54, 1.807) is 7.11 Å². The van der Waals surface area contributed by atoms with Gasteiger partial charge in [0.15, 0.2) is 0 Å². The van der Waals surface area contributed by atoms with Crippen molar-refractivity contribution in [1.29, 1.82) is 0 Å². The smallest absolute Gasteiger partial charge is 0.150 e. The van der Waals surface area contributed by atoms with Crippen molar-refractivity contribution in [2.24, 2.45) is 0 Å². The molecule has 1 rings (SSSR count). The average Bonchev–Trinajstić information content (AvgIpc) is 2.30. The first-order valence-corrected chi connectivity index (χ1v) is 6.39. The van der Waals surface area contributed by atoms with E-state index in [9.17, 15) is 8.78 Å². The van der Waals surface area contributed by atoms with E-state index in [2.05, 4.69) is 21.2 Å². The Balaban J connectivity index is 2.27. The van der Waals surface area contributed by atoms with Crippen molar-refractivity contribution in [3.05, 3.63) is 28.2 Å². The maximum Gasteiger partial charge on any atom is 0.150 e. The van der Waals surface area contributed by atoms with Gasteiger partial charge >= 0.3 is 0 Å². The Morgan fingerprint density at radius 1 is 1.17 bits per heavy atom. The van der Waals surface area contributed by atoms with Gasteiger partial charge in [-0.15, -0.1) is 0 Å². The lowest BCUT2D eigenvalue weighted by Crippen LogP contribution is -2.10. The Bertz CT molecular complexity index is 354. The summed E-state index contributed by atoms with van der Waals surface area (Å²) in [5.74, 6) is -1.22. The van der Waals surface area contributed by atoms with E-state index >= 15 is 0 Å². The Hall–Kier alpha value is -0.720. The molecule has 0 saturated heterocycles. The fourth-order valence-electron chi connectivity index (χ4n) is 1.34. The van der Waals surface area contributed by atoms with Gasteiger partial charge in [-0.3, -0.25) is 0 Å². The molecule has 6 heteroatoms. The molecule has 0 radical (unpaired) electrons. The Kier molecular flexibility index (Phi) is 7.15. The van der Waals surface area contributed by atoms with Crippen molar-refractivity contribution < 1.29 is 18.3 Å². The van der Waals surface area contributed by atoms with Crippen LogP contribution in [0.25, 0.3) is 0 Å². The summed E-state index contributed by atoms with van der Waals surface area (Å²) in [5.41, 5.74) is -0.102. The Morgan fingerprint density at radius 2 is 1.83 bits per heavy atom. The number of anilines is 1. The molecule has 0 bridgehead atoms. The number of hydrogen-bond donors (Lipinski definition) is 1. The number of nitrogens with one attached hydrogen (secondary N) is 1. The van der Waals surface area contributed by atoms with E-state index in [-0.39, 0.29) is 5.69 Å². The summed E-state index contributed by atoms with van der Waals surface area (Å²) < 4.78 is 37.2. The van der Waals surface area contributed by atoms with E-state index < -0.39 is 11.6 Å². The van der Waals surface area contributed by atoms with Gasteiger partial charge in [-0.05, 0) is 18.6 Å². The van der Waals surface area contributed by atoms with Gasteiger partial charge in [0.2, 0.25) is 0 Å². The van der Waals surface area contributed by atoms with Gasteiger partial charge in [0.1, 0.15) is 17.3 Å². The summed E-state index contributed by atoms with van der Waals surface area (Å²) in [6, 6.07) is 2.45. The molecule has 1 aromatic rings. The molecule has 0 heterocycles. The van der Waals surface area contributed by atoms with Crippen LogP contribution in [0.15, 0.2) is 16.6 Å². The highest BCUT2D eigenvalue weighted by Gasteiger charge is 2.09. The summed E-state index contributed by atoms with van der Waals surface area (Å²) in [7, 11) is 1.60. The topological polar surface area (TPSA) is 30.5 Å². The zero-order valence-corrected chi connectivity index (χ0v) is 11.7. The van der Waals surface area contributed by atoms with E-state index in [0.717, 1.165) is 0 Å². The molecule has 0 aliphatic carbocycles. The van der Waals surface area contributed by atoms with Crippen LogP contribution in [-0.2, 0) is 9.47 Å². The van der Waals surface area contributed by atoms with Gasteiger partial charge in [-0.25, -0.2) is 8.78 Å². The predicted octanol–water partition coefficient (Wildman–Crippen LogP) is 3.19. The molecular formula is C12H16BrF2NO2. The van der Waals surface area contributed by atoms with Crippen molar-refractivity contribution in [1.82, 2.24) is 0 Å². The normalized spacial score (nSPS) is 10.7. The van der Waals surface area contributed by atoms with Gasteiger partial charge in [0.05, 0.1) is 13.2 Å². The standard InChI is InChI=1S/C12H16BrF2NO2/c1-17-5-6-18-4-2-3-16-12-10(14)7-9(13)8-11(12)15/h7-8,16H,2-6H2,1H3. The van der Waals surface area contributed by atoms with Crippen molar-refractivity contribution >= 4 is 21.6 Å². The zero-order valence-electron chi connectivity index (χ0n) is 10.1. The second-order valence-corrected chi connectivity index (χ2v) is 4.55. The maximum absolute atomic E-state index is 13.4. The predicted molar refractivity (Wildman–Crippen MR) is 69.9 cm³/mol. The van der Waals surface area contributed by atoms with Crippen LogP contribution in [0.4, 0.5) is 14.5 Å². The summed E-state index contributed by atoms with van der Waals surface area (Å²) in [4.78, 5) is 0. The van der Waals surface area contributed by atoms with Gasteiger partial charge in [-0.1, -0.05) is 15.9 Å². The van der Waals surface area contributed by atoms with Gasteiger partial charge in [-0.2, -0.15) is 0 Å². The third-order valence-electron chi connectivity index (χ3n) is 2.21. The largest absolute Gasteiger partial charge is 0.382 e. The minimum Gasteiger partial charge on any atom is -0.382 e. The molecule has 0 amide bonds. The molecule has 1 N–H and O–H groups in total. The number of benzene rings is 1. The molecule has 0 aromatic heterocycles. The highest BCUT2D eigenvalue weighted by Crippen LogP contribution is 2.23. The van der Waals surface area contributed by atoms with Crippen LogP contribution in [0.2, 0.25) is 0 Å². The fraction of sp³-hybridized carbons (Fsp3) is 0.500. The van der Waals surface area contributed by atoms with Crippen molar-refractivity contribution in [2.45, 2.75) is 6.42 Å². The molecule has 0 unspecified atom stereocenters. The van der Waals surface area contributed by atoms with E-state index in [4.69, 9.17) is 9.47 Å². The molecule has 0 fully saturated rings. The highest BCUT2D eigenvalue weighted by atomic mass is 79.9. The molecule has 0 atom stereocenters. The number of rotatable bonds is 8. The number of hydrogen-bond acceptors (Lipinski definition) is 3. The summed E-state index contributed by atoms with van der Waals surface area (Å²) in [6.45, 7) is 2.04. The first-order chi connectivity index (χ1) is 8.65. The Labute approximate surface area is 114 Å². The van der Waals surface area contributed by atoms with E-state index in [1.807, 2.05) is 0 Å². The lowest BCUT2D eigenvalue weighted by molar-refractivity contribution is 0.0705. The van der Waals surface area contributed by atoms with Crippen LogP contribution in [0.5, 0.6) is 0 Å². The number of methoxy groups -OCH3 is 1. The van der Waals surface area contributed by atoms with E-state index in [0.29, 0.717) is 37.3 Å². The van der Waals surface area contributed by atoms with Crippen LogP contribution in [0.1, 0.15) is 6.42 Å². The zero-order chi connectivity index (χ0) is 13.4. The lowest BCUT2D eigenvalue weighted by atomic mass is 10.3. The van der Waals surface area contributed by atoms with Crippen molar-refractivity contribution in [3.8, 4) is 0 Å². The van der Waals surface area contributed by atoms with Crippen LogP contribution < -0.4 is 5.32 Å². The lowest BCUT2D eigenvalue weighted by Gasteiger charge is -2.09. The van der Waals surface area contributed by atoms with Crippen LogP contribution in [-0.4, -0.2) is 33.5 Å². The maximum atomic E-state index is 13.4. The van der Waals surface area contributed by atoms with Gasteiger partial charge in [0.25, 0.3) is 0 Å². The Morgan fingerprint density at radius 3 is 2.44 bits per heavy atom. The molecule has 0 aliphatic heterocycles. The summed E-state index contributed by atoms with van der Waals surface area (Å²) >= 11 is 3.02. The molecule has 18 heavy (non-hydrogen) atoms. The fourth-order valence-corrected chi connectivity index (χ4v) is 1.74. The second-order valence-electron chi connectivity index (χ2n) is 3.63. The van der Waals surface area contributed by atoms with Gasteiger partial charge in [0, 0.05) is 24.7 Å². The SMILES string of the molecule is COCCOCCCNc1c(F)cc(Br)cc1F. The third-order valence-corrected chi connectivity index (χ3v) is 2.66. The minimum absolute atomic E-state index is 0.102. The first-order valence-electron chi connectivity index (χ1n) is 5.60. The number of ether oxygens (including phenoxy) is 2. The van der Waals surface area contributed by atoms with Crippen molar-refractivity contribution in [2.75, 3.05) is 38.8 Å². The van der Waals surface area contributed by atoms with Crippen molar-refractivity contribution in [3.63, 3.8) is 0 Å². The molecular weight excluding hydrogens is 308 g/mol. The molecule has 0 spiro atoms. The molecule has 102 valence electrons. The number of halogens is 3. The monoisotopic (exact) mass is 323 g/mol. The molecule has 3 nitrogen and oxygen atoms in total. The molecule has 0 aliphatic rings. The molecule has 1 aromatic carbocycles. The molecule has 0 saturated carbocycles. The van der Waals surface area contributed by atoms with Crippen LogP contribution >= 0.6 is 15.9 Å². The summed E-state index contributed by atoms with van der Waals surface area (Å²) in [5, 5.41) is 2.72. The van der Waals surface area contributed by atoms with Gasteiger partial charge < -0.3 is 14.8 Å². The van der Waals surface area contributed by atoms with Crippen LogP contribution in [0, 0.1) is 11.6 Å². The average molecular weight is 324 g/mol. The highest BCUT2D eigenvalue weighted by molar-refractivity contribution is 9.10. The van der Waals surface area contributed by atoms with Crippen LogP contribution in [0.3, 0.4) is 0 Å². The summed E-state index contributed by atoms with van der Waals surface area (Å²) in [6.07, 6.45) is 0.665. The minimum atomic E-state index is -0.609. The second kappa shape index (κ2) is 8.39. The van der Waals surface area contributed by atoms with E-state index in [1.165, 1.54) is 12.1 Å². The third kappa shape index (κ3) is 5.29. The quantitative estimate of drug-likeness (QED) is 0.745.